The minimum Gasteiger partial charge on any atom is -0.358 e. The molecule has 0 aromatic heterocycles. The first-order valence-corrected chi connectivity index (χ1v) is 0.642. The van der Waals surface area contributed by atoms with Gasteiger partial charge < -0.3 is 27.2 Å². The van der Waals surface area contributed by atoms with E-state index in [0.717, 1.165) is 0 Å². The monoisotopic (exact) mass is 253 g/mol. The van der Waals surface area contributed by atoms with E-state index in [-0.39, 0.29) is 35.9 Å². The maximum Gasteiger partial charge on any atom is 0 e. The van der Waals surface area contributed by atoms with Crippen LogP contribution in [0.1, 0.15) is 0 Å². The predicted octanol–water partition coefficient (Wildman–Crippen LogP) is 1.35. The number of terminal acetylenes is 1. The van der Waals surface area contributed by atoms with Crippen molar-refractivity contribution in [3.8, 4) is 12.3 Å². The van der Waals surface area contributed by atoms with Gasteiger partial charge in [0.05, 0.1) is 0 Å². The van der Waals surface area contributed by atoms with Crippen LogP contribution in [0.2, 0.25) is 0 Å². The van der Waals surface area contributed by atoms with Crippen LogP contribution in [0, 0.1) is 34.1 Å². The summed E-state index contributed by atoms with van der Waals surface area (Å²) in [6.45, 7) is 3.01. The fourth-order valence-corrected chi connectivity index (χ4v) is 0. The van der Waals surface area contributed by atoms with Crippen LogP contribution < -0.4 is 0 Å². The van der Waals surface area contributed by atoms with Crippen molar-refractivity contribution in [3.63, 3.8) is 0 Å². The van der Waals surface area contributed by atoms with E-state index in [2.05, 4.69) is 13.3 Å². The molecular weight excluding hydrogens is 244 g/mol. The van der Waals surface area contributed by atoms with Crippen LogP contribution in [0.5, 0.6) is 0 Å². The van der Waals surface area contributed by atoms with Gasteiger partial charge >= 0.3 is 0 Å². The fraction of sp³-hybridized carbons (Fsp3) is 0. The molecule has 1 heteroatoms. The first kappa shape index (κ1) is 35.7. The molecule has 0 nitrogen and oxygen atoms in total. The van der Waals surface area contributed by atoms with Crippen molar-refractivity contribution in [2.75, 3.05) is 0 Å². The summed E-state index contributed by atoms with van der Waals surface area (Å²) in [5, 5.41) is 0. The minimum absolute atomic E-state index is 0. The zero-order chi connectivity index (χ0) is 2.71. The van der Waals surface area contributed by atoms with Crippen LogP contribution >= 0.6 is 0 Å². The van der Waals surface area contributed by atoms with Gasteiger partial charge in [-0.05, 0) is 0 Å². The average Bonchev–Trinajstić information content (AvgIpc) is 0.918. The van der Waals surface area contributed by atoms with E-state index >= 15 is 0 Å². The Morgan fingerprint density at radius 1 is 1.33 bits per heavy atom. The summed E-state index contributed by atoms with van der Waals surface area (Å²) < 4.78 is 0. The number of hydrogen-bond donors (Lipinski definition) is 0. The van der Waals surface area contributed by atoms with Gasteiger partial charge in [-0.25, -0.2) is 0 Å². The van der Waals surface area contributed by atoms with E-state index in [9.17, 15) is 0 Å². The molecule has 0 heterocycles. The zero-order valence-corrected chi connectivity index (χ0v) is 7.13. The molecule has 0 spiro atoms. The van der Waals surface area contributed by atoms with Gasteiger partial charge in [-0.2, -0.15) is 6.92 Å². The van der Waals surface area contributed by atoms with Gasteiger partial charge in [0, 0.05) is 21.1 Å². The first-order valence-electron chi connectivity index (χ1n) is 0.642. The van der Waals surface area contributed by atoms with Crippen molar-refractivity contribution in [2.45, 2.75) is 0 Å². The molecule has 0 fully saturated rings. The summed E-state index contributed by atoms with van der Waals surface area (Å²) in [5.74, 6) is 2.00. The summed E-state index contributed by atoms with van der Waals surface area (Å²) in [6, 6.07) is 0. The average molecular weight is 253 g/mol. The Morgan fingerprint density at radius 3 is 1.33 bits per heavy atom. The van der Waals surface area contributed by atoms with Crippen molar-refractivity contribution in [2.24, 2.45) is 0 Å². The summed E-state index contributed by atoms with van der Waals surface area (Å²) in [4.78, 5) is 0. The summed E-state index contributed by atoms with van der Waals surface area (Å²) in [6.07, 6.45) is 4.49. The second kappa shape index (κ2) is 69.4. The molecule has 0 saturated carbocycles. The molecule has 0 aromatic carbocycles. The topological polar surface area (TPSA) is 0 Å². The molecule has 0 unspecified atom stereocenters. The standard InChI is InChI=1S/C3H3.2CH3.W/c1-3-2;;;/h1H,2H2;2*1H3;/q3*-1;. The summed E-state index contributed by atoms with van der Waals surface area (Å²) in [5.41, 5.74) is 0. The fourth-order valence-electron chi connectivity index (χ4n) is 0. The van der Waals surface area contributed by atoms with Gasteiger partial charge in [-0.15, -0.1) is 0 Å². The van der Waals surface area contributed by atoms with E-state index < -0.39 is 0 Å². The Hall–Kier alpha value is 0.118. The van der Waals surface area contributed by atoms with Gasteiger partial charge in [-0.1, -0.05) is 0 Å². The molecule has 0 aliphatic rings. The Kier molecular flexibility index (Phi) is 413. The molecular formula is C5H9W-3. The van der Waals surface area contributed by atoms with Crippen LogP contribution in [0.4, 0.5) is 0 Å². The molecule has 0 radical (unpaired) electrons. The number of rotatable bonds is 0. The van der Waals surface area contributed by atoms with Crippen LogP contribution in [0.25, 0.3) is 0 Å². The quantitative estimate of drug-likeness (QED) is 0.451. The van der Waals surface area contributed by atoms with Gasteiger partial charge in [0.1, 0.15) is 0 Å². The molecule has 0 atom stereocenters. The predicted molar refractivity (Wildman–Crippen MR) is 27.0 cm³/mol. The minimum atomic E-state index is 0. The van der Waals surface area contributed by atoms with Crippen molar-refractivity contribution in [1.82, 2.24) is 0 Å². The maximum atomic E-state index is 4.49. The van der Waals surface area contributed by atoms with Gasteiger partial charge in [0.15, 0.2) is 0 Å². The van der Waals surface area contributed by atoms with Crippen LogP contribution in [0.15, 0.2) is 0 Å². The molecule has 0 N–H and O–H groups in total. The molecule has 0 saturated heterocycles. The van der Waals surface area contributed by atoms with Crippen molar-refractivity contribution >= 4 is 0 Å². The maximum absolute atomic E-state index is 4.49. The second-order valence-corrected chi connectivity index (χ2v) is 0.204. The van der Waals surface area contributed by atoms with E-state index in [1.54, 1.807) is 0 Å². The van der Waals surface area contributed by atoms with Crippen LogP contribution in [-0.2, 0) is 21.1 Å². The molecule has 0 rings (SSSR count). The zero-order valence-electron chi connectivity index (χ0n) is 4.19. The van der Waals surface area contributed by atoms with E-state index in [0.29, 0.717) is 0 Å². The van der Waals surface area contributed by atoms with Crippen LogP contribution in [0.3, 0.4) is 0 Å². The molecule has 38 valence electrons. The molecule has 0 aromatic rings. The third-order valence-corrected chi connectivity index (χ3v) is 0. The van der Waals surface area contributed by atoms with Crippen LogP contribution in [-0.4, -0.2) is 0 Å². The molecule has 0 aliphatic heterocycles. The first-order chi connectivity index (χ1) is 1.41. The van der Waals surface area contributed by atoms with E-state index in [4.69, 9.17) is 0 Å². The Balaban J connectivity index is -0.00000000667. The Bertz CT molecular complexity index is 25.4. The van der Waals surface area contributed by atoms with Crippen molar-refractivity contribution < 1.29 is 21.1 Å². The molecule has 0 amide bonds. The second-order valence-electron chi connectivity index (χ2n) is 0.204. The SMILES string of the molecule is C#C[CH2-].[CH3-].[CH3-].[W]. The van der Waals surface area contributed by atoms with E-state index in [1.165, 1.54) is 0 Å². The van der Waals surface area contributed by atoms with Gasteiger partial charge in [0.25, 0.3) is 0 Å². The third-order valence-electron chi connectivity index (χ3n) is 0. The van der Waals surface area contributed by atoms with Crippen molar-refractivity contribution in [1.29, 1.82) is 0 Å². The molecule has 6 heavy (non-hydrogen) atoms. The summed E-state index contributed by atoms with van der Waals surface area (Å²) >= 11 is 0. The van der Waals surface area contributed by atoms with Crippen molar-refractivity contribution in [3.05, 3.63) is 21.8 Å². The molecule has 0 aliphatic carbocycles. The Morgan fingerprint density at radius 2 is 1.33 bits per heavy atom. The Labute approximate surface area is 55.6 Å². The van der Waals surface area contributed by atoms with E-state index in [1.807, 2.05) is 5.92 Å². The van der Waals surface area contributed by atoms with Gasteiger partial charge in [0.2, 0.25) is 0 Å². The smallest absolute Gasteiger partial charge is 0 e. The largest absolute Gasteiger partial charge is 0.358 e. The van der Waals surface area contributed by atoms with Gasteiger partial charge in [-0.3, -0.25) is 0 Å². The molecule has 0 bridgehead atoms. The normalized spacial score (nSPS) is 1.17. The number of hydrogen-bond acceptors (Lipinski definition) is 0. The third kappa shape index (κ3) is 2860. The summed E-state index contributed by atoms with van der Waals surface area (Å²) in [7, 11) is 0.